The van der Waals surface area contributed by atoms with E-state index in [0.29, 0.717) is 17.8 Å². The lowest BCUT2D eigenvalue weighted by Gasteiger charge is -2.18. The first kappa shape index (κ1) is 17.0. The molecular weight excluding hydrogens is 350 g/mol. The van der Waals surface area contributed by atoms with E-state index in [2.05, 4.69) is 25.5 Å². The Morgan fingerprint density at radius 1 is 1.37 bits per heavy atom. The number of amides is 1. The first-order valence-electron chi connectivity index (χ1n) is 8.52. The van der Waals surface area contributed by atoms with Crippen molar-refractivity contribution in [3.05, 3.63) is 46.6 Å². The number of carbonyl (C=O) groups is 1. The second-order valence-corrected chi connectivity index (χ2v) is 6.43. The Balaban J connectivity index is 1.47. The number of fused-ring (bicyclic) bond motifs is 1. The van der Waals surface area contributed by atoms with Crippen LogP contribution in [-0.4, -0.2) is 56.5 Å². The van der Waals surface area contributed by atoms with Crippen LogP contribution >= 0.6 is 0 Å². The monoisotopic (exact) mass is 369 g/mol. The first-order chi connectivity index (χ1) is 13.0. The number of nitrogens with one attached hydrogen (secondary N) is 1. The predicted molar refractivity (Wildman–Crippen MR) is 97.1 cm³/mol. The highest BCUT2D eigenvalue weighted by Gasteiger charge is 2.26. The van der Waals surface area contributed by atoms with Gasteiger partial charge in [-0.2, -0.15) is 4.52 Å². The maximum atomic E-state index is 12.7. The molecular formula is C17H19N7O3. The van der Waals surface area contributed by atoms with E-state index in [9.17, 15) is 9.59 Å². The highest BCUT2D eigenvalue weighted by atomic mass is 16.5. The van der Waals surface area contributed by atoms with Crippen LogP contribution in [0.15, 0.2) is 35.5 Å². The molecule has 0 radical (unpaired) electrons. The number of hydrogen-bond acceptors (Lipinski definition) is 7. The van der Waals surface area contributed by atoms with Gasteiger partial charge in [-0.1, -0.05) is 0 Å². The maximum Gasteiger partial charge on any atom is 0.256 e. The summed E-state index contributed by atoms with van der Waals surface area (Å²) in [5, 5.41) is 15.3. The van der Waals surface area contributed by atoms with Crippen LogP contribution in [0.2, 0.25) is 0 Å². The number of aryl methyl sites for hydroxylation is 1. The van der Waals surface area contributed by atoms with Gasteiger partial charge in [0.1, 0.15) is 17.9 Å². The van der Waals surface area contributed by atoms with Crippen molar-refractivity contribution < 1.29 is 9.53 Å². The summed E-state index contributed by atoms with van der Waals surface area (Å²) in [5.41, 5.74) is 0.789. The minimum Gasteiger partial charge on any atom is -0.496 e. The van der Waals surface area contributed by atoms with E-state index >= 15 is 0 Å². The summed E-state index contributed by atoms with van der Waals surface area (Å²) in [7, 11) is 3.04. The fourth-order valence-corrected chi connectivity index (χ4v) is 3.19. The van der Waals surface area contributed by atoms with Crippen LogP contribution in [0.4, 0.5) is 5.82 Å². The zero-order valence-corrected chi connectivity index (χ0v) is 15.0. The zero-order valence-electron chi connectivity index (χ0n) is 15.0. The second kappa shape index (κ2) is 6.71. The van der Waals surface area contributed by atoms with Gasteiger partial charge < -0.3 is 19.5 Å². The quantitative estimate of drug-likeness (QED) is 0.681. The SMILES string of the molecule is COc1cc(=O)n(C)cc1C(=O)N[C@H]1CCN(c2ccc3nncn3n2)C1. The van der Waals surface area contributed by atoms with Crippen molar-refractivity contribution in [2.45, 2.75) is 12.5 Å². The molecule has 1 saturated heterocycles. The average Bonchev–Trinajstić information content (AvgIpc) is 3.32. The molecule has 0 unspecified atom stereocenters. The molecule has 27 heavy (non-hydrogen) atoms. The molecule has 1 N–H and O–H groups in total. The van der Waals surface area contributed by atoms with Gasteiger partial charge in [0.2, 0.25) is 0 Å². The van der Waals surface area contributed by atoms with Crippen LogP contribution in [0.3, 0.4) is 0 Å². The van der Waals surface area contributed by atoms with E-state index < -0.39 is 0 Å². The fraction of sp³-hybridized carbons (Fsp3) is 0.353. The number of aromatic nitrogens is 5. The molecule has 0 aliphatic carbocycles. The Morgan fingerprint density at radius 2 is 2.22 bits per heavy atom. The number of ether oxygens (including phenoxy) is 1. The molecule has 4 heterocycles. The Bertz CT molecular complexity index is 1060. The summed E-state index contributed by atoms with van der Waals surface area (Å²) < 4.78 is 8.16. The standard InChI is InChI=1S/C17H19N7O3/c1-22-9-12(13(27-2)7-16(22)25)17(26)19-11-5-6-23(8-11)15-4-3-14-20-18-10-24(14)21-15/h3-4,7,9-11H,5-6,8H2,1-2H3,(H,19,26)/t11-/m0/s1. The number of nitrogens with zero attached hydrogens (tertiary/aromatic N) is 6. The number of methoxy groups -OCH3 is 1. The molecule has 1 amide bonds. The average molecular weight is 369 g/mol. The van der Waals surface area contributed by atoms with Gasteiger partial charge in [-0.15, -0.1) is 15.3 Å². The van der Waals surface area contributed by atoms with Crippen LogP contribution in [0.1, 0.15) is 16.8 Å². The van der Waals surface area contributed by atoms with Gasteiger partial charge in [-0.3, -0.25) is 9.59 Å². The van der Waals surface area contributed by atoms with Gasteiger partial charge in [-0.05, 0) is 18.6 Å². The summed E-state index contributed by atoms with van der Waals surface area (Å²) in [5.74, 6) is 0.806. The number of rotatable bonds is 4. The number of pyridine rings is 1. The lowest BCUT2D eigenvalue weighted by Crippen LogP contribution is -2.38. The maximum absolute atomic E-state index is 12.7. The van der Waals surface area contributed by atoms with Gasteiger partial charge in [0.25, 0.3) is 11.5 Å². The van der Waals surface area contributed by atoms with Crippen molar-refractivity contribution in [2.24, 2.45) is 7.05 Å². The van der Waals surface area contributed by atoms with Crippen LogP contribution in [-0.2, 0) is 7.05 Å². The summed E-state index contributed by atoms with van der Waals surface area (Å²) in [4.78, 5) is 26.5. The molecule has 10 heteroatoms. The topological polar surface area (TPSA) is 107 Å². The van der Waals surface area contributed by atoms with Gasteiger partial charge >= 0.3 is 0 Å². The molecule has 3 aromatic heterocycles. The van der Waals surface area contributed by atoms with E-state index in [-0.39, 0.29) is 23.3 Å². The third kappa shape index (κ3) is 3.21. The molecule has 0 bridgehead atoms. The second-order valence-electron chi connectivity index (χ2n) is 6.43. The highest BCUT2D eigenvalue weighted by molar-refractivity contribution is 5.96. The molecule has 140 valence electrons. The summed E-state index contributed by atoms with van der Waals surface area (Å²) in [6.07, 6.45) is 3.84. The van der Waals surface area contributed by atoms with Crippen LogP contribution in [0.25, 0.3) is 5.65 Å². The molecule has 1 aliphatic heterocycles. The third-order valence-electron chi connectivity index (χ3n) is 4.65. The van der Waals surface area contributed by atoms with Gasteiger partial charge in [0, 0.05) is 38.4 Å². The van der Waals surface area contributed by atoms with E-state index in [1.54, 1.807) is 17.9 Å². The lowest BCUT2D eigenvalue weighted by atomic mass is 10.2. The summed E-state index contributed by atoms with van der Waals surface area (Å²) in [6, 6.07) is 5.03. The zero-order chi connectivity index (χ0) is 19.0. The molecule has 3 aromatic rings. The normalized spacial score (nSPS) is 16.7. The number of carbonyl (C=O) groups excluding carboxylic acids is 1. The minimum atomic E-state index is -0.267. The molecule has 10 nitrogen and oxygen atoms in total. The first-order valence-corrected chi connectivity index (χ1v) is 8.52. The van der Waals surface area contributed by atoms with Crippen molar-refractivity contribution in [1.29, 1.82) is 0 Å². The summed E-state index contributed by atoms with van der Waals surface area (Å²) >= 11 is 0. The highest BCUT2D eigenvalue weighted by Crippen LogP contribution is 2.20. The largest absolute Gasteiger partial charge is 0.496 e. The Kier molecular flexibility index (Phi) is 4.22. The van der Waals surface area contributed by atoms with Crippen LogP contribution in [0.5, 0.6) is 5.75 Å². The molecule has 1 fully saturated rings. The molecule has 4 rings (SSSR count). The predicted octanol–water partition coefficient (Wildman–Crippen LogP) is -0.160. The van der Waals surface area contributed by atoms with Crippen molar-refractivity contribution in [3.8, 4) is 5.75 Å². The molecule has 1 atom stereocenters. The lowest BCUT2D eigenvalue weighted by molar-refractivity contribution is 0.0936. The molecule has 0 aromatic carbocycles. The fourth-order valence-electron chi connectivity index (χ4n) is 3.19. The van der Waals surface area contributed by atoms with E-state index in [4.69, 9.17) is 4.74 Å². The van der Waals surface area contributed by atoms with Gasteiger partial charge in [0.15, 0.2) is 5.65 Å². The Hall–Kier alpha value is -3.43. The van der Waals surface area contributed by atoms with E-state index in [1.807, 2.05) is 12.1 Å². The molecule has 0 saturated carbocycles. The Morgan fingerprint density at radius 3 is 3.04 bits per heavy atom. The van der Waals surface area contributed by atoms with Crippen molar-refractivity contribution in [1.82, 2.24) is 29.7 Å². The van der Waals surface area contributed by atoms with Crippen molar-refractivity contribution in [3.63, 3.8) is 0 Å². The van der Waals surface area contributed by atoms with Gasteiger partial charge in [0.05, 0.1) is 12.7 Å². The molecule has 0 spiro atoms. The molecule has 1 aliphatic rings. The summed E-state index contributed by atoms with van der Waals surface area (Å²) in [6.45, 7) is 1.41. The van der Waals surface area contributed by atoms with E-state index in [1.165, 1.54) is 23.9 Å². The van der Waals surface area contributed by atoms with Crippen LogP contribution in [0, 0.1) is 0 Å². The third-order valence-corrected chi connectivity index (χ3v) is 4.65. The number of hydrogen-bond donors (Lipinski definition) is 1. The van der Waals surface area contributed by atoms with E-state index in [0.717, 1.165) is 18.8 Å². The minimum absolute atomic E-state index is 0.0298. The van der Waals surface area contributed by atoms with Crippen molar-refractivity contribution >= 4 is 17.4 Å². The van der Waals surface area contributed by atoms with Crippen molar-refractivity contribution in [2.75, 3.05) is 25.1 Å². The van der Waals surface area contributed by atoms with Crippen LogP contribution < -0.4 is 20.5 Å². The smallest absolute Gasteiger partial charge is 0.256 e. The van der Waals surface area contributed by atoms with Gasteiger partial charge in [-0.25, -0.2) is 0 Å². The number of anilines is 1. The Labute approximate surface area is 154 Å².